The van der Waals surface area contributed by atoms with E-state index in [9.17, 15) is 4.79 Å². The molecular weight excluding hydrogens is 290 g/mol. The van der Waals surface area contributed by atoms with Gasteiger partial charge in [-0.25, -0.2) is 4.98 Å². The van der Waals surface area contributed by atoms with Crippen LogP contribution in [0.4, 0.5) is 5.82 Å². The third kappa shape index (κ3) is 3.66. The van der Waals surface area contributed by atoms with Crippen molar-refractivity contribution in [1.82, 2.24) is 9.88 Å². The highest BCUT2D eigenvalue weighted by Gasteiger charge is 2.36. The van der Waals surface area contributed by atoms with E-state index >= 15 is 0 Å². The molecule has 1 N–H and O–H groups in total. The highest BCUT2D eigenvalue weighted by molar-refractivity contribution is 5.94. The predicted octanol–water partition coefficient (Wildman–Crippen LogP) is 2.93. The number of pyridine rings is 1. The summed E-state index contributed by atoms with van der Waals surface area (Å²) in [5.41, 5.74) is 0.649. The van der Waals surface area contributed by atoms with Crippen LogP contribution in [0.1, 0.15) is 49.4 Å². The number of methoxy groups -OCH3 is 1. The first-order valence-electron chi connectivity index (χ1n) is 8.66. The Morgan fingerprint density at radius 3 is 2.65 bits per heavy atom. The summed E-state index contributed by atoms with van der Waals surface area (Å²) in [7, 11) is 1.77. The van der Waals surface area contributed by atoms with E-state index in [1.54, 1.807) is 13.3 Å². The molecule has 126 valence electrons. The average Bonchev–Trinajstić information content (AvgIpc) is 2.55. The van der Waals surface area contributed by atoms with Crippen molar-refractivity contribution in [3.8, 4) is 0 Å². The van der Waals surface area contributed by atoms with Gasteiger partial charge in [0, 0.05) is 32.9 Å². The first kappa shape index (κ1) is 16.2. The zero-order valence-corrected chi connectivity index (χ0v) is 14.2. The second-order valence-corrected chi connectivity index (χ2v) is 7.00. The monoisotopic (exact) mass is 317 g/mol. The molecule has 2 fully saturated rings. The van der Waals surface area contributed by atoms with Crippen LogP contribution >= 0.6 is 0 Å². The number of likely N-dealkylation sites (tertiary alicyclic amines) is 1. The van der Waals surface area contributed by atoms with E-state index in [0.29, 0.717) is 5.56 Å². The summed E-state index contributed by atoms with van der Waals surface area (Å²) in [5, 5.41) is 3.33. The van der Waals surface area contributed by atoms with E-state index in [1.165, 1.54) is 6.42 Å². The smallest absolute Gasteiger partial charge is 0.255 e. The van der Waals surface area contributed by atoms with Gasteiger partial charge in [0.2, 0.25) is 0 Å². The highest BCUT2D eigenvalue weighted by atomic mass is 16.5. The Balaban J connectivity index is 1.55. The van der Waals surface area contributed by atoms with Gasteiger partial charge in [0.05, 0.1) is 11.2 Å². The number of piperidine rings is 1. The molecule has 1 saturated heterocycles. The Morgan fingerprint density at radius 2 is 2.13 bits per heavy atom. The number of amides is 1. The van der Waals surface area contributed by atoms with Crippen LogP contribution in [0.25, 0.3) is 0 Å². The minimum atomic E-state index is -0.0271. The van der Waals surface area contributed by atoms with Gasteiger partial charge < -0.3 is 15.0 Å². The van der Waals surface area contributed by atoms with E-state index in [2.05, 4.69) is 17.2 Å². The highest BCUT2D eigenvalue weighted by Crippen LogP contribution is 2.34. The number of nitrogens with one attached hydrogen (secondary N) is 1. The first-order valence-corrected chi connectivity index (χ1v) is 8.66. The summed E-state index contributed by atoms with van der Waals surface area (Å²) in [6, 6.07) is 3.76. The molecule has 1 aromatic heterocycles. The first-order chi connectivity index (χ1) is 11.1. The van der Waals surface area contributed by atoms with Crippen LogP contribution in [-0.2, 0) is 4.74 Å². The lowest BCUT2D eigenvalue weighted by Crippen LogP contribution is -2.45. The second kappa shape index (κ2) is 6.87. The lowest BCUT2D eigenvalue weighted by molar-refractivity contribution is -0.0601. The molecule has 5 nitrogen and oxygen atoms in total. The summed E-state index contributed by atoms with van der Waals surface area (Å²) >= 11 is 0. The van der Waals surface area contributed by atoms with Gasteiger partial charge in [-0.2, -0.15) is 0 Å². The maximum Gasteiger partial charge on any atom is 0.255 e. The summed E-state index contributed by atoms with van der Waals surface area (Å²) in [4.78, 5) is 18.8. The molecule has 0 atom stereocenters. The summed E-state index contributed by atoms with van der Waals surface area (Å²) in [6.07, 6.45) is 7.30. The Bertz CT molecular complexity index is 526. The van der Waals surface area contributed by atoms with Crippen LogP contribution < -0.4 is 5.32 Å². The van der Waals surface area contributed by atoms with Gasteiger partial charge in [-0.1, -0.05) is 6.92 Å². The number of nitrogens with zero attached hydrogens (tertiary/aromatic N) is 2. The lowest BCUT2D eigenvalue weighted by Gasteiger charge is -2.40. The molecule has 0 unspecified atom stereocenters. The van der Waals surface area contributed by atoms with Crippen molar-refractivity contribution >= 4 is 11.7 Å². The SMILES string of the molecule is COC1(CNc2ccc(C(=O)N3CCC(C)CC3)cn2)CCC1. The van der Waals surface area contributed by atoms with Gasteiger partial charge in [-0.05, 0) is 50.2 Å². The largest absolute Gasteiger partial charge is 0.376 e. The molecule has 3 rings (SSSR count). The second-order valence-electron chi connectivity index (χ2n) is 7.00. The molecule has 2 heterocycles. The molecule has 0 aromatic carbocycles. The summed E-state index contributed by atoms with van der Waals surface area (Å²) in [6.45, 7) is 4.74. The molecule has 5 heteroatoms. The number of carbonyl (C=O) groups excluding carboxylic acids is 1. The fraction of sp³-hybridized carbons (Fsp3) is 0.667. The normalized spacial score (nSPS) is 20.9. The van der Waals surface area contributed by atoms with Crippen molar-refractivity contribution in [3.05, 3.63) is 23.9 Å². The Hall–Kier alpha value is -1.62. The number of hydrogen-bond donors (Lipinski definition) is 1. The van der Waals surface area contributed by atoms with Crippen molar-refractivity contribution in [1.29, 1.82) is 0 Å². The number of ether oxygens (including phenoxy) is 1. The van der Waals surface area contributed by atoms with Crippen LogP contribution in [-0.4, -0.2) is 48.1 Å². The van der Waals surface area contributed by atoms with Gasteiger partial charge in [-0.3, -0.25) is 4.79 Å². The minimum Gasteiger partial charge on any atom is -0.376 e. The van der Waals surface area contributed by atoms with Crippen molar-refractivity contribution < 1.29 is 9.53 Å². The van der Waals surface area contributed by atoms with Crippen LogP contribution in [0.3, 0.4) is 0 Å². The van der Waals surface area contributed by atoms with Crippen molar-refractivity contribution in [2.75, 3.05) is 32.1 Å². The van der Waals surface area contributed by atoms with E-state index in [0.717, 1.165) is 57.1 Å². The Morgan fingerprint density at radius 1 is 1.39 bits per heavy atom. The maximum atomic E-state index is 12.5. The average molecular weight is 317 g/mol. The van der Waals surface area contributed by atoms with Gasteiger partial charge in [-0.15, -0.1) is 0 Å². The van der Waals surface area contributed by atoms with Crippen LogP contribution in [0.2, 0.25) is 0 Å². The fourth-order valence-electron chi connectivity index (χ4n) is 3.30. The van der Waals surface area contributed by atoms with Gasteiger partial charge in [0.1, 0.15) is 5.82 Å². The Labute approximate surface area is 138 Å². The van der Waals surface area contributed by atoms with E-state index in [4.69, 9.17) is 4.74 Å². The maximum absolute atomic E-state index is 12.5. The predicted molar refractivity (Wildman–Crippen MR) is 90.6 cm³/mol. The zero-order chi connectivity index (χ0) is 16.3. The molecule has 0 bridgehead atoms. The van der Waals surface area contributed by atoms with Crippen molar-refractivity contribution in [3.63, 3.8) is 0 Å². The molecular formula is C18H27N3O2. The molecule has 1 amide bonds. The molecule has 0 radical (unpaired) electrons. The number of carbonyl (C=O) groups is 1. The number of hydrogen-bond acceptors (Lipinski definition) is 4. The topological polar surface area (TPSA) is 54.5 Å². The molecule has 23 heavy (non-hydrogen) atoms. The van der Waals surface area contributed by atoms with Gasteiger partial charge >= 0.3 is 0 Å². The standard InChI is InChI=1S/C18H27N3O2/c1-14-6-10-21(11-7-14)17(22)15-4-5-16(19-12-15)20-13-18(23-2)8-3-9-18/h4-5,12,14H,3,6-11,13H2,1-2H3,(H,19,20). The third-order valence-electron chi connectivity index (χ3n) is 5.37. The molecule has 2 aliphatic rings. The van der Waals surface area contributed by atoms with Crippen LogP contribution in [0.15, 0.2) is 18.3 Å². The molecule has 1 aliphatic heterocycles. The molecule has 0 spiro atoms. The van der Waals surface area contributed by atoms with Gasteiger partial charge in [0.15, 0.2) is 0 Å². The van der Waals surface area contributed by atoms with E-state index in [-0.39, 0.29) is 11.5 Å². The molecule has 1 saturated carbocycles. The minimum absolute atomic E-state index is 0.0271. The number of anilines is 1. The number of aromatic nitrogens is 1. The quantitative estimate of drug-likeness (QED) is 0.907. The molecule has 1 aliphatic carbocycles. The zero-order valence-electron chi connectivity index (χ0n) is 14.2. The van der Waals surface area contributed by atoms with Crippen LogP contribution in [0, 0.1) is 5.92 Å². The summed E-state index contributed by atoms with van der Waals surface area (Å²) < 4.78 is 5.59. The fourth-order valence-corrected chi connectivity index (χ4v) is 3.30. The van der Waals surface area contributed by atoms with Crippen molar-refractivity contribution in [2.45, 2.75) is 44.6 Å². The number of rotatable bonds is 5. The molecule has 1 aromatic rings. The lowest BCUT2D eigenvalue weighted by atomic mass is 9.80. The van der Waals surface area contributed by atoms with E-state index < -0.39 is 0 Å². The Kier molecular flexibility index (Phi) is 4.85. The van der Waals surface area contributed by atoms with Gasteiger partial charge in [0.25, 0.3) is 5.91 Å². The summed E-state index contributed by atoms with van der Waals surface area (Å²) in [5.74, 6) is 1.63. The van der Waals surface area contributed by atoms with Crippen molar-refractivity contribution in [2.24, 2.45) is 5.92 Å². The van der Waals surface area contributed by atoms with E-state index in [1.807, 2.05) is 17.0 Å². The van der Waals surface area contributed by atoms with Crippen LogP contribution in [0.5, 0.6) is 0 Å². The third-order valence-corrected chi connectivity index (χ3v) is 5.37.